The van der Waals surface area contributed by atoms with Crippen LogP contribution < -0.4 is 0 Å². The molecule has 0 aliphatic rings. The minimum Gasteiger partial charge on any atom is -0.220 e. The summed E-state index contributed by atoms with van der Waals surface area (Å²) in [6.45, 7) is 0. The molecule has 0 amide bonds. The molecule has 17 heavy (non-hydrogen) atoms. The van der Waals surface area contributed by atoms with Crippen molar-refractivity contribution in [3.8, 4) is 0 Å². The van der Waals surface area contributed by atoms with Crippen molar-refractivity contribution in [1.82, 2.24) is 0 Å². The molecule has 0 fully saturated rings. The lowest BCUT2D eigenvalue weighted by Crippen LogP contribution is -2.59. The predicted octanol–water partition coefficient (Wildman–Crippen LogP) is 3.48. The average molecular weight is 300 g/mol. The van der Waals surface area contributed by atoms with Gasteiger partial charge in [0.15, 0.2) is 0 Å². The molecule has 0 aromatic carbocycles. The fourth-order valence-electron chi connectivity index (χ4n) is 0.471. The van der Waals surface area contributed by atoms with E-state index < -0.39 is 35.3 Å². The lowest BCUT2D eigenvalue weighted by atomic mass is 10.1. The number of hydrogen-bond acceptors (Lipinski definition) is 4. The summed E-state index contributed by atoms with van der Waals surface area (Å²) in [6, 6.07) is 0. The molecule has 0 saturated heterocycles. The van der Waals surface area contributed by atoms with E-state index in [0.717, 1.165) is 0 Å². The molecule has 0 radical (unpaired) electrons. The van der Waals surface area contributed by atoms with Crippen LogP contribution in [-0.4, -0.2) is 28.5 Å². The van der Waals surface area contributed by atoms with Crippen LogP contribution in [0.15, 0.2) is 0 Å². The van der Waals surface area contributed by atoms with Gasteiger partial charge in [-0.3, -0.25) is 0 Å². The monoisotopic (exact) mass is 300 g/mol. The molecule has 0 aliphatic heterocycles. The second-order valence-corrected chi connectivity index (χ2v) is 3.20. The van der Waals surface area contributed by atoms with Crippen LogP contribution in [0, 0.1) is 0 Å². The topological polar surface area (TPSA) is 38.7 Å². The van der Waals surface area contributed by atoms with Gasteiger partial charge in [-0.1, -0.05) is 5.04 Å². The highest BCUT2D eigenvalue weighted by atomic mass is 32.2. The fourth-order valence-corrected chi connectivity index (χ4v) is 0.820. The first kappa shape index (κ1) is 16.6. The summed E-state index contributed by atoms with van der Waals surface area (Å²) in [4.78, 5) is 0. The van der Waals surface area contributed by atoms with Crippen molar-refractivity contribution in [2.45, 2.75) is 23.3 Å². The number of rotatable bonds is 5. The van der Waals surface area contributed by atoms with Crippen LogP contribution >= 0.6 is 12.0 Å². The minimum atomic E-state index is -7.00. The molecule has 1 N–H and O–H groups in total. The van der Waals surface area contributed by atoms with Crippen LogP contribution in [0.3, 0.4) is 0 Å². The number of hydrogen-bond donors (Lipinski definition) is 1. The third-order valence-electron chi connectivity index (χ3n) is 1.29. The van der Waals surface area contributed by atoms with Crippen LogP contribution in [-0.2, 0) is 9.37 Å². The smallest absolute Gasteiger partial charge is 0.220 e. The SMILES string of the molecule is OOOSC(F)(F)C(F)(F)C(F)(F)C(F)(F)F. The molecule has 0 aromatic rings. The van der Waals surface area contributed by atoms with E-state index >= 15 is 0 Å². The summed E-state index contributed by atoms with van der Waals surface area (Å²) in [6.07, 6.45) is -6.90. The van der Waals surface area contributed by atoms with Crippen molar-refractivity contribution in [2.24, 2.45) is 0 Å². The normalized spacial score (nSPS) is 15.2. The minimum absolute atomic E-state index is 1.91. The summed E-state index contributed by atoms with van der Waals surface area (Å²) in [5.41, 5.74) is 0. The molecular formula is C4HF9O3S. The fraction of sp³-hybridized carbons (Fsp3) is 1.00. The standard InChI is InChI=1S/C4HF9O3S/c5-1(6,3(9,10)11)2(7,8)4(12,13)17-16-15-14/h14H. The average Bonchev–Trinajstić information content (AvgIpc) is 2.12. The summed E-state index contributed by atoms with van der Waals surface area (Å²) in [7, 11) is 0. The van der Waals surface area contributed by atoms with Gasteiger partial charge in [0.2, 0.25) is 0 Å². The molecule has 0 heterocycles. The highest BCUT2D eigenvalue weighted by molar-refractivity contribution is 7.95. The zero-order valence-electron chi connectivity index (χ0n) is 7.07. The molecule has 0 unspecified atom stereocenters. The Kier molecular flexibility index (Phi) is 4.59. The Hall–Kier alpha value is -0.400. The van der Waals surface area contributed by atoms with Crippen molar-refractivity contribution in [2.75, 3.05) is 0 Å². The van der Waals surface area contributed by atoms with Gasteiger partial charge in [-0.05, 0) is 0 Å². The zero-order valence-corrected chi connectivity index (χ0v) is 7.89. The summed E-state index contributed by atoms with van der Waals surface area (Å²) >= 11 is -1.91. The molecule has 0 rings (SSSR count). The second kappa shape index (κ2) is 4.70. The maximum atomic E-state index is 12.3. The molecule has 0 aliphatic carbocycles. The van der Waals surface area contributed by atoms with Gasteiger partial charge in [0, 0.05) is 0 Å². The molecule has 13 heteroatoms. The van der Waals surface area contributed by atoms with Gasteiger partial charge in [0.1, 0.15) is 12.0 Å². The van der Waals surface area contributed by atoms with Crippen molar-refractivity contribution >= 4 is 12.0 Å². The molecule has 0 spiro atoms. The highest BCUT2D eigenvalue weighted by Gasteiger charge is 2.82. The van der Waals surface area contributed by atoms with E-state index in [-0.39, 0.29) is 0 Å². The van der Waals surface area contributed by atoms with Gasteiger partial charge in [0.05, 0.1) is 0 Å². The Morgan fingerprint density at radius 1 is 0.765 bits per heavy atom. The van der Waals surface area contributed by atoms with Gasteiger partial charge in [0.25, 0.3) is 0 Å². The first-order valence-electron chi connectivity index (χ1n) is 3.17. The molecule has 104 valence electrons. The Morgan fingerprint density at radius 2 is 1.18 bits per heavy atom. The largest absolute Gasteiger partial charge is 0.460 e. The van der Waals surface area contributed by atoms with E-state index in [4.69, 9.17) is 5.26 Å². The Balaban J connectivity index is 5.24. The van der Waals surface area contributed by atoms with Crippen LogP contribution in [0.2, 0.25) is 0 Å². The van der Waals surface area contributed by atoms with Gasteiger partial charge < -0.3 is 0 Å². The maximum absolute atomic E-state index is 12.3. The third kappa shape index (κ3) is 2.89. The molecule has 0 atom stereocenters. The van der Waals surface area contributed by atoms with Crippen molar-refractivity contribution in [3.63, 3.8) is 0 Å². The second-order valence-electron chi connectivity index (χ2n) is 2.39. The highest BCUT2D eigenvalue weighted by Crippen LogP contribution is 2.56. The zero-order chi connectivity index (χ0) is 14.1. The quantitative estimate of drug-likeness (QED) is 0.365. The first-order chi connectivity index (χ1) is 7.31. The van der Waals surface area contributed by atoms with E-state index in [1.54, 1.807) is 0 Å². The number of alkyl halides is 9. The summed E-state index contributed by atoms with van der Waals surface area (Å²) < 4.78 is 111. The molecule has 0 bridgehead atoms. The predicted molar refractivity (Wildman–Crippen MR) is 33.3 cm³/mol. The van der Waals surface area contributed by atoms with Gasteiger partial charge in [-0.25, -0.2) is 5.26 Å². The molecule has 0 saturated carbocycles. The lowest BCUT2D eigenvalue weighted by Gasteiger charge is -2.31. The number of halogens is 9. The summed E-state index contributed by atoms with van der Waals surface area (Å²) in [5, 5.41) is 3.72. The van der Waals surface area contributed by atoms with E-state index in [1.807, 2.05) is 0 Å². The van der Waals surface area contributed by atoms with E-state index in [2.05, 4.69) is 9.37 Å². The summed E-state index contributed by atoms with van der Waals surface area (Å²) in [5.74, 6) is -13.8. The van der Waals surface area contributed by atoms with Gasteiger partial charge >= 0.3 is 23.3 Å². The Morgan fingerprint density at radius 3 is 1.47 bits per heavy atom. The van der Waals surface area contributed by atoms with Crippen molar-refractivity contribution in [3.05, 3.63) is 0 Å². The molecule has 0 aromatic heterocycles. The lowest BCUT2D eigenvalue weighted by molar-refractivity contribution is -0.436. The van der Waals surface area contributed by atoms with Crippen LogP contribution in [0.5, 0.6) is 0 Å². The van der Waals surface area contributed by atoms with Crippen molar-refractivity contribution < 1.29 is 54.1 Å². The van der Waals surface area contributed by atoms with E-state index in [9.17, 15) is 39.5 Å². The van der Waals surface area contributed by atoms with Crippen molar-refractivity contribution in [1.29, 1.82) is 0 Å². The Bertz CT molecular complexity index is 263. The first-order valence-corrected chi connectivity index (χ1v) is 3.91. The van der Waals surface area contributed by atoms with Gasteiger partial charge in [-0.2, -0.15) is 39.5 Å². The maximum Gasteiger partial charge on any atom is 0.460 e. The Labute approximate surface area is 90.5 Å². The van der Waals surface area contributed by atoms with Crippen LogP contribution in [0.25, 0.3) is 0 Å². The molecular weight excluding hydrogens is 299 g/mol. The third-order valence-corrected chi connectivity index (χ3v) is 1.88. The van der Waals surface area contributed by atoms with E-state index in [1.165, 1.54) is 0 Å². The van der Waals surface area contributed by atoms with Crippen LogP contribution in [0.1, 0.15) is 0 Å². The van der Waals surface area contributed by atoms with E-state index in [0.29, 0.717) is 0 Å². The van der Waals surface area contributed by atoms with Gasteiger partial charge in [-0.15, -0.1) is 4.33 Å². The molecule has 3 nitrogen and oxygen atoms in total. The van der Waals surface area contributed by atoms with Crippen LogP contribution in [0.4, 0.5) is 39.5 Å².